The number of likely N-dealkylation sites (tertiary alicyclic amines) is 1. The summed E-state index contributed by atoms with van der Waals surface area (Å²) < 4.78 is 5.09. The predicted molar refractivity (Wildman–Crippen MR) is 106 cm³/mol. The van der Waals surface area contributed by atoms with E-state index >= 15 is 0 Å². The van der Waals surface area contributed by atoms with E-state index in [1.807, 2.05) is 30.3 Å². The number of hydrogen-bond donors (Lipinski definition) is 1. The summed E-state index contributed by atoms with van der Waals surface area (Å²) in [5, 5.41) is 3.10. The lowest BCUT2D eigenvalue weighted by Crippen LogP contribution is -2.29. The highest BCUT2D eigenvalue weighted by molar-refractivity contribution is 6.30. The van der Waals surface area contributed by atoms with Crippen molar-refractivity contribution in [2.75, 3.05) is 25.0 Å². The van der Waals surface area contributed by atoms with Gasteiger partial charge in [-0.05, 0) is 30.2 Å². The number of anilines is 1. The molecule has 3 rings (SSSR count). The summed E-state index contributed by atoms with van der Waals surface area (Å²) in [6, 6.07) is 16.5. The monoisotopic (exact) mass is 400 g/mol. The van der Waals surface area contributed by atoms with Crippen LogP contribution in [0.25, 0.3) is 0 Å². The second-order valence-electron chi connectivity index (χ2n) is 6.64. The van der Waals surface area contributed by atoms with E-state index in [-0.39, 0.29) is 12.3 Å². The van der Waals surface area contributed by atoms with Crippen LogP contribution < -0.4 is 5.32 Å². The minimum atomic E-state index is -0.540. The minimum Gasteiger partial charge on any atom is -0.455 e. The molecule has 1 atom stereocenters. The lowest BCUT2D eigenvalue weighted by molar-refractivity contribution is -0.151. The molecule has 2 aromatic carbocycles. The Hall–Kier alpha value is -2.86. The molecule has 1 aliphatic rings. The molecular formula is C21H21ClN2O4. The molecule has 28 heavy (non-hydrogen) atoms. The molecule has 146 valence electrons. The highest BCUT2D eigenvalue weighted by Crippen LogP contribution is 2.20. The van der Waals surface area contributed by atoms with Crippen LogP contribution in [-0.4, -0.2) is 42.4 Å². The third-order valence-electron chi connectivity index (χ3n) is 4.51. The number of esters is 1. The molecule has 0 saturated carbocycles. The summed E-state index contributed by atoms with van der Waals surface area (Å²) in [4.78, 5) is 38.0. The Morgan fingerprint density at radius 3 is 2.68 bits per heavy atom. The molecule has 2 amide bonds. The maximum Gasteiger partial charge on any atom is 0.311 e. The van der Waals surface area contributed by atoms with Crippen molar-refractivity contribution in [1.29, 1.82) is 0 Å². The summed E-state index contributed by atoms with van der Waals surface area (Å²) in [6.45, 7) is 0.475. The lowest BCUT2D eigenvalue weighted by atomic mass is 10.1. The van der Waals surface area contributed by atoms with Gasteiger partial charge >= 0.3 is 5.97 Å². The number of carbonyl (C=O) groups is 3. The molecule has 7 heteroatoms. The van der Waals surface area contributed by atoms with E-state index in [0.29, 0.717) is 23.8 Å². The molecule has 1 fully saturated rings. The van der Waals surface area contributed by atoms with Crippen molar-refractivity contribution in [3.63, 3.8) is 0 Å². The second-order valence-corrected chi connectivity index (χ2v) is 7.08. The smallest absolute Gasteiger partial charge is 0.311 e. The van der Waals surface area contributed by atoms with Gasteiger partial charge in [0.25, 0.3) is 5.91 Å². The molecule has 1 saturated heterocycles. The van der Waals surface area contributed by atoms with Gasteiger partial charge in [0.2, 0.25) is 5.91 Å². The van der Waals surface area contributed by atoms with Crippen molar-refractivity contribution in [3.8, 4) is 0 Å². The van der Waals surface area contributed by atoms with Gasteiger partial charge in [0.1, 0.15) is 0 Å². The van der Waals surface area contributed by atoms with Gasteiger partial charge in [0, 0.05) is 30.2 Å². The zero-order valence-corrected chi connectivity index (χ0v) is 16.0. The van der Waals surface area contributed by atoms with E-state index in [1.165, 1.54) is 0 Å². The average Bonchev–Trinajstić information content (AvgIpc) is 3.06. The minimum absolute atomic E-state index is 0.0683. The fourth-order valence-corrected chi connectivity index (χ4v) is 3.26. The lowest BCUT2D eigenvalue weighted by Gasteiger charge is -2.16. The molecule has 1 unspecified atom stereocenters. The highest BCUT2D eigenvalue weighted by Gasteiger charge is 2.35. The van der Waals surface area contributed by atoms with Crippen molar-refractivity contribution in [3.05, 3.63) is 65.2 Å². The Morgan fingerprint density at radius 2 is 1.93 bits per heavy atom. The maximum absolute atomic E-state index is 12.2. The third kappa shape index (κ3) is 5.57. The van der Waals surface area contributed by atoms with Crippen molar-refractivity contribution in [2.24, 2.45) is 5.92 Å². The molecule has 1 N–H and O–H groups in total. The maximum atomic E-state index is 12.2. The molecular weight excluding hydrogens is 380 g/mol. The van der Waals surface area contributed by atoms with Crippen LogP contribution in [-0.2, 0) is 25.5 Å². The third-order valence-corrected chi connectivity index (χ3v) is 4.75. The summed E-state index contributed by atoms with van der Waals surface area (Å²) in [5.74, 6) is -1.60. The van der Waals surface area contributed by atoms with E-state index in [9.17, 15) is 14.4 Å². The Labute approximate surface area is 168 Å². The van der Waals surface area contributed by atoms with Gasteiger partial charge in [-0.2, -0.15) is 0 Å². The molecule has 0 radical (unpaired) electrons. The molecule has 0 aliphatic carbocycles. The molecule has 1 heterocycles. The van der Waals surface area contributed by atoms with E-state index in [2.05, 4.69) is 5.32 Å². The Bertz CT molecular complexity index is 856. The first-order valence-corrected chi connectivity index (χ1v) is 9.43. The molecule has 0 spiro atoms. The number of ether oxygens (including phenoxy) is 1. The van der Waals surface area contributed by atoms with Crippen LogP contribution in [0.1, 0.15) is 12.0 Å². The van der Waals surface area contributed by atoms with E-state index < -0.39 is 24.4 Å². The Morgan fingerprint density at radius 1 is 1.14 bits per heavy atom. The largest absolute Gasteiger partial charge is 0.455 e. The number of halogens is 1. The summed E-state index contributed by atoms with van der Waals surface area (Å²) >= 11 is 5.86. The number of benzene rings is 2. The van der Waals surface area contributed by atoms with Gasteiger partial charge in [0.05, 0.1) is 5.92 Å². The second kappa shape index (κ2) is 9.37. The van der Waals surface area contributed by atoms with Crippen molar-refractivity contribution in [1.82, 2.24) is 4.90 Å². The Kier molecular flexibility index (Phi) is 6.66. The van der Waals surface area contributed by atoms with E-state index in [1.54, 1.807) is 29.2 Å². The van der Waals surface area contributed by atoms with E-state index in [0.717, 1.165) is 12.0 Å². The van der Waals surface area contributed by atoms with Crippen LogP contribution in [0.2, 0.25) is 5.02 Å². The number of carbonyl (C=O) groups excluding carboxylic acids is 3. The summed E-state index contributed by atoms with van der Waals surface area (Å²) in [5.41, 5.74) is 1.66. The van der Waals surface area contributed by atoms with Crippen LogP contribution >= 0.6 is 11.6 Å². The molecule has 1 aliphatic heterocycles. The van der Waals surface area contributed by atoms with Gasteiger partial charge in [-0.3, -0.25) is 14.4 Å². The van der Waals surface area contributed by atoms with Crippen LogP contribution in [0.5, 0.6) is 0 Å². The topological polar surface area (TPSA) is 75.7 Å². The van der Waals surface area contributed by atoms with Crippen molar-refractivity contribution in [2.45, 2.75) is 12.8 Å². The molecule has 6 nitrogen and oxygen atoms in total. The first-order valence-electron chi connectivity index (χ1n) is 9.05. The standard InChI is InChI=1S/C21H21ClN2O4/c22-17-7-4-8-18(12-17)23-19(25)14-28-21(27)16-11-20(26)24(13-16)10-9-15-5-2-1-3-6-15/h1-8,12,16H,9-11,13-14H2,(H,23,25). The fourth-order valence-electron chi connectivity index (χ4n) is 3.07. The fraction of sp³-hybridized carbons (Fsp3) is 0.286. The average molecular weight is 401 g/mol. The number of rotatable bonds is 7. The Balaban J connectivity index is 1.43. The molecule has 2 aromatic rings. The van der Waals surface area contributed by atoms with Crippen molar-refractivity contribution >= 4 is 35.1 Å². The van der Waals surface area contributed by atoms with Crippen LogP contribution in [0.15, 0.2) is 54.6 Å². The zero-order valence-electron chi connectivity index (χ0n) is 15.3. The highest BCUT2D eigenvalue weighted by atomic mass is 35.5. The number of amides is 2. The van der Waals surface area contributed by atoms with E-state index in [4.69, 9.17) is 16.3 Å². The summed E-state index contributed by atoms with van der Waals surface area (Å²) in [7, 11) is 0. The first kappa shape index (κ1) is 19.9. The van der Waals surface area contributed by atoms with Gasteiger partial charge < -0.3 is 15.0 Å². The van der Waals surface area contributed by atoms with Crippen molar-refractivity contribution < 1.29 is 19.1 Å². The van der Waals surface area contributed by atoms with Crippen LogP contribution in [0.3, 0.4) is 0 Å². The molecule has 0 aromatic heterocycles. The normalized spacial score (nSPS) is 16.1. The van der Waals surface area contributed by atoms with Gasteiger partial charge in [-0.15, -0.1) is 0 Å². The van der Waals surface area contributed by atoms with Crippen LogP contribution in [0.4, 0.5) is 5.69 Å². The predicted octanol–water partition coefficient (Wildman–Crippen LogP) is 2.91. The number of hydrogen-bond acceptors (Lipinski definition) is 4. The van der Waals surface area contributed by atoms with Crippen LogP contribution in [0, 0.1) is 5.92 Å². The SMILES string of the molecule is O=C(COC(=O)C1CC(=O)N(CCc2ccccc2)C1)Nc1cccc(Cl)c1. The van der Waals surface area contributed by atoms with Gasteiger partial charge in [-0.1, -0.05) is 48.0 Å². The number of nitrogens with zero attached hydrogens (tertiary/aromatic N) is 1. The van der Waals surface area contributed by atoms with Gasteiger partial charge in [-0.25, -0.2) is 0 Å². The summed E-state index contributed by atoms with van der Waals surface area (Å²) in [6.07, 6.45) is 0.847. The first-order chi connectivity index (χ1) is 13.5. The quantitative estimate of drug-likeness (QED) is 0.725. The van der Waals surface area contributed by atoms with Gasteiger partial charge in [0.15, 0.2) is 6.61 Å². The molecule has 0 bridgehead atoms. The zero-order chi connectivity index (χ0) is 19.9. The number of nitrogens with one attached hydrogen (secondary N) is 1.